The van der Waals surface area contributed by atoms with Crippen molar-refractivity contribution in [2.24, 2.45) is 0 Å². The van der Waals surface area contributed by atoms with Crippen LogP contribution in [0.3, 0.4) is 0 Å². The third kappa shape index (κ3) is 5.08. The number of rotatable bonds is 9. The Labute approximate surface area is 165 Å². The molecule has 0 aromatic heterocycles. The van der Waals surface area contributed by atoms with E-state index in [-0.39, 0.29) is 24.4 Å². The maximum Gasteiger partial charge on any atom is 0.165 e. The molecule has 1 fully saturated rings. The van der Waals surface area contributed by atoms with E-state index in [1.807, 2.05) is 30.3 Å². The van der Waals surface area contributed by atoms with Gasteiger partial charge in [-0.2, -0.15) is 0 Å². The molecule has 0 radical (unpaired) electrons. The van der Waals surface area contributed by atoms with Gasteiger partial charge in [-0.1, -0.05) is 36.4 Å². The van der Waals surface area contributed by atoms with Gasteiger partial charge in [-0.15, -0.1) is 0 Å². The number of methoxy groups -OCH3 is 1. The summed E-state index contributed by atoms with van der Waals surface area (Å²) in [6.07, 6.45) is 1.36. The Morgan fingerprint density at radius 3 is 2.43 bits per heavy atom. The van der Waals surface area contributed by atoms with Gasteiger partial charge in [-0.05, 0) is 49.2 Å². The van der Waals surface area contributed by atoms with E-state index in [0.29, 0.717) is 12.1 Å². The lowest BCUT2D eigenvalue weighted by molar-refractivity contribution is 0.0912. The standard InChI is InChI=1S/C22H29FN2O3/c1-28-21-10-9-17(13-18(21)23)22(27)19(14-25-11-5-6-12-25)24-20(15-26)16-7-3-2-4-8-16/h2-4,7-10,13,19-20,22,24,26-27H,5-6,11-12,14-15H2,1H3/t19-,20-,22-/m1/s1. The van der Waals surface area contributed by atoms with Crippen LogP contribution in [-0.2, 0) is 0 Å². The van der Waals surface area contributed by atoms with Crippen LogP contribution >= 0.6 is 0 Å². The molecule has 28 heavy (non-hydrogen) atoms. The number of likely N-dealkylation sites (tertiary alicyclic amines) is 1. The summed E-state index contributed by atoms with van der Waals surface area (Å²) in [4.78, 5) is 2.29. The van der Waals surface area contributed by atoms with Crippen molar-refractivity contribution in [2.75, 3.05) is 33.4 Å². The lowest BCUT2D eigenvalue weighted by Crippen LogP contribution is -2.46. The second-order valence-electron chi connectivity index (χ2n) is 7.27. The smallest absolute Gasteiger partial charge is 0.165 e. The van der Waals surface area contributed by atoms with Gasteiger partial charge in [-0.25, -0.2) is 4.39 Å². The topological polar surface area (TPSA) is 65.0 Å². The van der Waals surface area contributed by atoms with Crippen molar-refractivity contribution in [1.29, 1.82) is 0 Å². The maximum atomic E-state index is 14.2. The second-order valence-corrected chi connectivity index (χ2v) is 7.27. The van der Waals surface area contributed by atoms with Crippen molar-refractivity contribution >= 4 is 0 Å². The molecule has 0 aliphatic carbocycles. The molecule has 0 bridgehead atoms. The zero-order chi connectivity index (χ0) is 19.9. The lowest BCUT2D eigenvalue weighted by atomic mass is 9.98. The molecule has 152 valence electrons. The zero-order valence-corrected chi connectivity index (χ0v) is 16.2. The van der Waals surface area contributed by atoms with Crippen LogP contribution in [0.5, 0.6) is 5.75 Å². The van der Waals surface area contributed by atoms with Crippen molar-refractivity contribution < 1.29 is 19.3 Å². The summed E-state index contributed by atoms with van der Waals surface area (Å²) in [5.74, 6) is -0.349. The summed E-state index contributed by atoms with van der Waals surface area (Å²) in [7, 11) is 1.41. The highest BCUT2D eigenvalue weighted by atomic mass is 19.1. The Kier molecular flexibility index (Phi) is 7.39. The van der Waals surface area contributed by atoms with Crippen LogP contribution in [0.25, 0.3) is 0 Å². The number of nitrogens with zero attached hydrogens (tertiary/aromatic N) is 1. The summed E-state index contributed by atoms with van der Waals surface area (Å²) in [5, 5.41) is 24.4. The highest BCUT2D eigenvalue weighted by Gasteiger charge is 2.28. The molecular formula is C22H29FN2O3. The Balaban J connectivity index is 1.81. The molecule has 0 spiro atoms. The molecule has 0 unspecified atom stereocenters. The first kappa shape index (κ1) is 20.7. The van der Waals surface area contributed by atoms with Gasteiger partial charge in [0.05, 0.1) is 31.9 Å². The number of hydrogen-bond donors (Lipinski definition) is 3. The Morgan fingerprint density at radius 2 is 1.82 bits per heavy atom. The second kappa shape index (κ2) is 9.98. The summed E-state index contributed by atoms with van der Waals surface area (Å²) < 4.78 is 19.1. The number of aliphatic hydroxyl groups is 2. The van der Waals surface area contributed by atoms with Crippen LogP contribution in [0, 0.1) is 5.82 Å². The van der Waals surface area contributed by atoms with Crippen molar-refractivity contribution in [3.05, 3.63) is 65.5 Å². The van der Waals surface area contributed by atoms with Gasteiger partial charge in [0.25, 0.3) is 0 Å². The van der Waals surface area contributed by atoms with E-state index in [0.717, 1.165) is 31.5 Å². The SMILES string of the molecule is COc1ccc([C@@H](O)[C@@H](CN2CCCC2)N[C@H](CO)c2ccccc2)cc1F. The van der Waals surface area contributed by atoms with Crippen LogP contribution in [0.1, 0.15) is 36.1 Å². The normalized spacial score (nSPS) is 18.0. The number of benzene rings is 2. The molecule has 2 aromatic carbocycles. The third-order valence-corrected chi connectivity index (χ3v) is 5.35. The summed E-state index contributed by atoms with van der Waals surface area (Å²) >= 11 is 0. The van der Waals surface area contributed by atoms with E-state index in [9.17, 15) is 14.6 Å². The van der Waals surface area contributed by atoms with Crippen LogP contribution in [0.4, 0.5) is 4.39 Å². The van der Waals surface area contributed by atoms with Gasteiger partial charge in [0.1, 0.15) is 0 Å². The summed E-state index contributed by atoms with van der Waals surface area (Å²) in [5.41, 5.74) is 1.43. The molecule has 3 atom stereocenters. The first-order valence-corrected chi connectivity index (χ1v) is 9.78. The molecule has 1 heterocycles. The number of nitrogens with one attached hydrogen (secondary N) is 1. The van der Waals surface area contributed by atoms with Gasteiger partial charge >= 0.3 is 0 Å². The van der Waals surface area contributed by atoms with E-state index >= 15 is 0 Å². The molecule has 0 saturated carbocycles. The molecule has 5 nitrogen and oxygen atoms in total. The highest BCUT2D eigenvalue weighted by Crippen LogP contribution is 2.26. The van der Waals surface area contributed by atoms with Crippen LogP contribution in [-0.4, -0.2) is 54.5 Å². The fourth-order valence-electron chi connectivity index (χ4n) is 3.78. The van der Waals surface area contributed by atoms with Crippen molar-refractivity contribution in [3.8, 4) is 5.75 Å². The molecule has 3 N–H and O–H groups in total. The van der Waals surface area contributed by atoms with E-state index < -0.39 is 11.9 Å². The average Bonchev–Trinajstić information content (AvgIpc) is 3.24. The van der Waals surface area contributed by atoms with E-state index in [2.05, 4.69) is 10.2 Å². The molecule has 3 rings (SSSR count). The quantitative estimate of drug-likeness (QED) is 0.616. The van der Waals surface area contributed by atoms with Crippen molar-refractivity contribution in [1.82, 2.24) is 10.2 Å². The van der Waals surface area contributed by atoms with E-state index in [1.54, 1.807) is 6.07 Å². The van der Waals surface area contributed by atoms with Gasteiger partial charge in [0.2, 0.25) is 0 Å². The summed E-state index contributed by atoms with van der Waals surface area (Å²) in [6.45, 7) is 2.50. The van der Waals surface area contributed by atoms with Crippen LogP contribution < -0.4 is 10.1 Å². The molecular weight excluding hydrogens is 359 g/mol. The van der Waals surface area contributed by atoms with Crippen molar-refractivity contribution in [3.63, 3.8) is 0 Å². The molecule has 2 aromatic rings. The number of halogens is 1. The minimum absolute atomic E-state index is 0.0930. The molecule has 1 aliphatic rings. The molecule has 0 amide bonds. The van der Waals surface area contributed by atoms with Crippen molar-refractivity contribution in [2.45, 2.75) is 31.0 Å². The van der Waals surface area contributed by atoms with Gasteiger partial charge in [-0.3, -0.25) is 0 Å². The largest absolute Gasteiger partial charge is 0.494 e. The number of ether oxygens (including phenoxy) is 1. The van der Waals surface area contributed by atoms with Crippen LogP contribution in [0.2, 0.25) is 0 Å². The Bertz CT molecular complexity index is 738. The predicted molar refractivity (Wildman–Crippen MR) is 107 cm³/mol. The van der Waals surface area contributed by atoms with E-state index in [1.165, 1.54) is 19.2 Å². The fraction of sp³-hybridized carbons (Fsp3) is 0.455. The highest BCUT2D eigenvalue weighted by molar-refractivity contribution is 5.31. The number of aliphatic hydroxyl groups excluding tert-OH is 2. The minimum Gasteiger partial charge on any atom is -0.494 e. The lowest BCUT2D eigenvalue weighted by Gasteiger charge is -2.32. The number of hydrogen-bond acceptors (Lipinski definition) is 5. The first-order valence-electron chi connectivity index (χ1n) is 9.78. The van der Waals surface area contributed by atoms with Gasteiger partial charge in [0, 0.05) is 6.54 Å². The summed E-state index contributed by atoms with van der Waals surface area (Å²) in [6, 6.07) is 13.5. The average molecular weight is 388 g/mol. The Morgan fingerprint density at radius 1 is 1.11 bits per heavy atom. The molecule has 1 aliphatic heterocycles. The minimum atomic E-state index is -0.918. The third-order valence-electron chi connectivity index (χ3n) is 5.35. The zero-order valence-electron chi connectivity index (χ0n) is 16.2. The Hall–Kier alpha value is -1.99. The fourth-order valence-corrected chi connectivity index (χ4v) is 3.78. The molecule has 1 saturated heterocycles. The first-order chi connectivity index (χ1) is 13.6. The van der Waals surface area contributed by atoms with Crippen LogP contribution in [0.15, 0.2) is 48.5 Å². The molecule has 6 heteroatoms. The van der Waals surface area contributed by atoms with E-state index in [4.69, 9.17) is 4.74 Å². The van der Waals surface area contributed by atoms with Gasteiger partial charge < -0.3 is 25.2 Å². The maximum absolute atomic E-state index is 14.2. The monoisotopic (exact) mass is 388 g/mol. The predicted octanol–water partition coefficient (Wildman–Crippen LogP) is 2.66. The van der Waals surface area contributed by atoms with Gasteiger partial charge in [0.15, 0.2) is 11.6 Å².